The zero-order chi connectivity index (χ0) is 98.8. The monoisotopic (exact) mass is 1940 g/mol. The number of carbonyl (C=O) groups is 11. The molecular formula is C95H123Cl2N11O28. The average Bonchev–Trinajstić information content (AvgIpc) is 0.732. The van der Waals surface area contributed by atoms with Crippen LogP contribution in [-0.4, -0.2) is 228 Å². The first-order valence-electron chi connectivity index (χ1n) is 46.0. The molecule has 740 valence electrons. The van der Waals surface area contributed by atoms with Gasteiger partial charge in [-0.1, -0.05) is 94.3 Å². The number of unbranched alkanes of at least 4 members (excludes halogenated alkanes) is 5. The van der Waals surface area contributed by atoms with Gasteiger partial charge in [0, 0.05) is 43.2 Å². The third-order valence-corrected chi connectivity index (χ3v) is 26.4. The number of benzene rings is 5. The summed E-state index contributed by atoms with van der Waals surface area (Å²) in [5.41, 5.74) is -0.308. The molecule has 6 fully saturated rings. The Hall–Kier alpha value is -11.1. The summed E-state index contributed by atoms with van der Waals surface area (Å²) >= 11 is 14.6. The Balaban J connectivity index is 1.00. The van der Waals surface area contributed by atoms with Gasteiger partial charge in [0.05, 0.1) is 34.7 Å². The molecule has 11 aliphatic rings. The Labute approximate surface area is 795 Å². The fourth-order valence-electron chi connectivity index (χ4n) is 19.3. The number of carbonyl (C=O) groups excluding carboxylic acids is 11. The molecule has 4 aliphatic carbocycles. The number of ether oxygens (including phenoxy) is 9. The normalized spacial score (nSPS) is 29.0. The number of primary amides is 1. The first-order valence-corrected chi connectivity index (χ1v) is 46.7. The summed E-state index contributed by atoms with van der Waals surface area (Å²) in [4.78, 5) is 167. The Morgan fingerprint density at radius 1 is 0.647 bits per heavy atom. The zero-order valence-electron chi connectivity index (χ0n) is 77.6. The van der Waals surface area contributed by atoms with E-state index < -0.39 is 273 Å². The molecule has 0 spiro atoms. The molecule has 4 saturated carbocycles. The van der Waals surface area contributed by atoms with Gasteiger partial charge in [-0.25, -0.2) is 14.4 Å². The standard InChI is InChI=1S/C95H123Cl2N11O28/c1-13-14-15-16-17-18-25-99-90(125)129-52-37-54-68(60(111)38-52)53-32-46(19-22-59(53)110)70-84(120)106-74(88(124)104-72(54)86(122)101-69-49-28-44-27-45(30-49)31-50(69)29-44)76(114)48-21-24-62(56(97)34-48)131-64-36-51-35-63(79(64)134-89-80(78(116)77(115)65(41-109)132-89)133-67-40-95(11,81(117)43(4)128-67)107-91(126)135-93(5,6)7)130-61-23-20-47(33-55(61)96)75(113)73(87(123)100-57(39-66(98)112)82(118)102-71(51)85(121)103-70)105-83(119)58(26-42(2)3)108(12)92(127)136-94(8,9)10/h19-24,32-38,42-45,49-50,57-58,65,67,69-78,80-81,89,109-111,113-117H,13-18,25-31,39-41H2,1-12H3,(H2,98,112)(H,99,125)(H,100,123)(H,101,122)(H,102,118)(H,103,121)(H,104,124)(H,105,119)(H,106,120)(H,107,126)/t43?,44?,45?,49?,50?,57-,58+,65?,67?,69?,70+,71+,72-,73+,74+,75+,76+,77?,78?,80?,81?,89?,95?/m0/s1. The Kier molecular flexibility index (Phi) is 31.9. The second-order valence-corrected chi connectivity index (χ2v) is 40.0. The van der Waals surface area contributed by atoms with E-state index in [1.165, 1.54) is 39.1 Å². The van der Waals surface area contributed by atoms with Crippen LogP contribution in [0.2, 0.25) is 10.0 Å². The van der Waals surface area contributed by atoms with Crippen LogP contribution in [0, 0.1) is 29.6 Å². The Bertz CT molecular complexity index is 5300. The molecule has 41 heteroatoms. The number of nitrogens with two attached hydrogens (primary N) is 1. The van der Waals surface area contributed by atoms with Crippen LogP contribution in [0.1, 0.15) is 224 Å². The number of aliphatic hydroxyl groups is 6. The maximum atomic E-state index is 16.7. The van der Waals surface area contributed by atoms with Crippen LogP contribution < -0.4 is 72.5 Å². The number of aliphatic hydroxyl groups excluding tert-OH is 6. The summed E-state index contributed by atoms with van der Waals surface area (Å²) in [6.45, 7) is 17.2. The van der Waals surface area contributed by atoms with Crippen LogP contribution in [0.25, 0.3) is 11.1 Å². The number of rotatable bonds is 23. The van der Waals surface area contributed by atoms with Crippen LogP contribution in [-0.2, 0) is 62.0 Å². The van der Waals surface area contributed by atoms with E-state index in [2.05, 4.69) is 54.8 Å². The first-order chi connectivity index (χ1) is 64.1. The molecular weight excluding hydrogens is 1810 g/mol. The summed E-state index contributed by atoms with van der Waals surface area (Å²) in [5.74, 6) is -14.5. The highest BCUT2D eigenvalue weighted by atomic mass is 35.5. The number of hydrogen-bond donors (Lipinski definition) is 18. The highest BCUT2D eigenvalue weighted by Crippen LogP contribution is 2.55. The minimum Gasteiger partial charge on any atom is -0.507 e. The van der Waals surface area contributed by atoms with E-state index >= 15 is 33.6 Å². The number of nitrogens with zero attached hydrogens (tertiary/aromatic N) is 1. The van der Waals surface area contributed by atoms with Gasteiger partial charge in [-0.15, -0.1) is 0 Å². The fraction of sp³-hybridized carbons (Fsp3) is 0.568. The average molecular weight is 1940 g/mol. The van der Waals surface area contributed by atoms with E-state index in [4.69, 9.17) is 71.6 Å². The third-order valence-electron chi connectivity index (χ3n) is 25.8. The van der Waals surface area contributed by atoms with Crippen molar-refractivity contribution in [3.05, 3.63) is 117 Å². The lowest BCUT2D eigenvalue weighted by Crippen LogP contribution is -2.66. The number of likely N-dealkylation sites (N-methyl/N-ethyl adjacent to an activating group) is 1. The molecule has 5 aromatic carbocycles. The zero-order valence-corrected chi connectivity index (χ0v) is 79.1. The number of phenolic OH excluding ortho intramolecular Hbond substituents is 2. The van der Waals surface area contributed by atoms with Crippen LogP contribution in [0.5, 0.6) is 46.0 Å². The van der Waals surface area contributed by atoms with Crippen molar-refractivity contribution in [2.24, 2.45) is 35.3 Å². The second kappa shape index (κ2) is 42.5. The van der Waals surface area contributed by atoms with Crippen molar-refractivity contribution in [2.45, 2.75) is 293 Å². The molecule has 18 atom stereocenters. The number of halogens is 2. The number of fused-ring (bicyclic) bond motifs is 15. The number of nitrogens with one attached hydrogen (secondary N) is 9. The van der Waals surface area contributed by atoms with E-state index in [0.717, 1.165) is 130 Å². The lowest BCUT2D eigenvalue weighted by Gasteiger charge is -2.54. The van der Waals surface area contributed by atoms with Gasteiger partial charge in [-0.3, -0.25) is 43.3 Å². The molecule has 15 bridgehead atoms. The Morgan fingerprint density at radius 2 is 1.24 bits per heavy atom. The lowest BCUT2D eigenvalue weighted by atomic mass is 9.54. The van der Waals surface area contributed by atoms with Gasteiger partial charge in [0.25, 0.3) is 0 Å². The molecule has 2 saturated heterocycles. The van der Waals surface area contributed by atoms with E-state index in [1.54, 1.807) is 55.4 Å². The van der Waals surface area contributed by atoms with Gasteiger partial charge in [-0.05, 0) is 212 Å². The fourth-order valence-corrected chi connectivity index (χ4v) is 19.8. The predicted octanol–water partition coefficient (Wildman–Crippen LogP) is 7.92. The van der Waals surface area contributed by atoms with Gasteiger partial charge in [0.15, 0.2) is 23.9 Å². The minimum absolute atomic E-state index is 0.0126. The summed E-state index contributed by atoms with van der Waals surface area (Å²) in [6, 6.07) is -0.852. The molecule has 0 radical (unpaired) electrons. The molecule has 9 unspecified atom stereocenters. The van der Waals surface area contributed by atoms with Crippen molar-refractivity contribution in [1.29, 1.82) is 0 Å². The van der Waals surface area contributed by atoms with E-state index in [1.807, 2.05) is 0 Å². The van der Waals surface area contributed by atoms with Crippen LogP contribution in [0.4, 0.5) is 14.4 Å². The van der Waals surface area contributed by atoms with Crippen LogP contribution in [0.15, 0.2) is 78.9 Å². The maximum absolute atomic E-state index is 16.7. The van der Waals surface area contributed by atoms with E-state index in [9.17, 15) is 60.0 Å². The van der Waals surface area contributed by atoms with Gasteiger partial charge < -0.3 is 137 Å². The predicted molar refractivity (Wildman–Crippen MR) is 486 cm³/mol. The summed E-state index contributed by atoms with van der Waals surface area (Å²) < 4.78 is 56.6. The Morgan fingerprint density at radius 3 is 1.85 bits per heavy atom. The summed E-state index contributed by atoms with van der Waals surface area (Å²) in [6.07, 6.45) is -13.8. The van der Waals surface area contributed by atoms with Crippen molar-refractivity contribution < 1.29 is 136 Å². The van der Waals surface area contributed by atoms with Gasteiger partial charge in [-0.2, -0.15) is 0 Å². The van der Waals surface area contributed by atoms with Crippen molar-refractivity contribution in [3.8, 4) is 57.1 Å². The van der Waals surface area contributed by atoms with Crippen LogP contribution >= 0.6 is 23.2 Å². The number of hydrogen-bond acceptors (Lipinski definition) is 28. The van der Waals surface area contributed by atoms with E-state index in [0.29, 0.717) is 18.3 Å². The van der Waals surface area contributed by atoms with Crippen molar-refractivity contribution in [1.82, 2.24) is 52.8 Å². The first kappa shape index (κ1) is 102. The highest BCUT2D eigenvalue weighted by molar-refractivity contribution is 6.32. The minimum atomic E-state index is -2.44. The molecule has 5 aromatic rings. The van der Waals surface area contributed by atoms with Crippen LogP contribution in [0.3, 0.4) is 0 Å². The van der Waals surface area contributed by atoms with Gasteiger partial charge in [0.2, 0.25) is 59.3 Å². The number of aromatic hydroxyl groups is 2. The van der Waals surface area contributed by atoms with E-state index in [-0.39, 0.29) is 64.3 Å². The third kappa shape index (κ3) is 23.8. The molecule has 39 nitrogen and oxygen atoms in total. The molecule has 11 amide bonds. The molecule has 0 aromatic heterocycles. The van der Waals surface area contributed by atoms with Gasteiger partial charge in [0.1, 0.15) is 119 Å². The molecule has 16 rings (SSSR count). The SMILES string of the molecule is CCCCCCCCNC(=O)Oc1cc(O)c2c(c1)[C@@H](C(=O)NC1C3CC4CC(C3)CC1C4)NC(=O)[C@@H]1NC(=O)[C@H](NC(=O)[C@@H]3NC(=O)[C@H](CC(N)=O)NC(=O)[C@H](NC(=O)[C@@H](CC(C)C)N(C)C(=O)OC(C)(C)C)[C@H](O)c4ccc(c(Cl)c4)Oc4cc3cc(c4OC3OC(CO)C(O)C(O)C3OC3CC(C)(NC(=O)OC(C)(C)C)C(O)C(C)O3)Oc3ccc(cc3Cl)[C@H]1O)c1ccc(O)c-2c1. The topological polar surface area (TPSA) is 570 Å². The lowest BCUT2D eigenvalue weighted by molar-refractivity contribution is -0.334. The number of amides is 11. The quantitative estimate of drug-likeness (QED) is 0.0276. The van der Waals surface area contributed by atoms with Crippen molar-refractivity contribution >= 4 is 88.7 Å². The smallest absolute Gasteiger partial charge is 0.412 e. The number of alkyl carbamates (subject to hydrolysis) is 1. The second-order valence-electron chi connectivity index (χ2n) is 39.2. The maximum Gasteiger partial charge on any atom is 0.412 e. The van der Waals surface area contributed by atoms with Gasteiger partial charge >= 0.3 is 18.3 Å². The largest absolute Gasteiger partial charge is 0.507 e. The summed E-state index contributed by atoms with van der Waals surface area (Å²) in [7, 11) is 1.27. The molecule has 19 N–H and O–H groups in total. The number of phenols is 2. The highest BCUT2D eigenvalue weighted by Gasteiger charge is 2.55. The van der Waals surface area contributed by atoms with Crippen molar-refractivity contribution in [3.63, 3.8) is 0 Å². The molecule has 136 heavy (non-hydrogen) atoms. The van der Waals surface area contributed by atoms with Crippen molar-refractivity contribution in [2.75, 3.05) is 20.2 Å². The molecule has 7 heterocycles. The summed E-state index contributed by atoms with van der Waals surface area (Å²) in [5, 5.41) is 121. The molecule has 7 aliphatic heterocycles.